The van der Waals surface area contributed by atoms with E-state index in [0.29, 0.717) is 12.2 Å². The molecular weight excluding hydrogens is 300 g/mol. The monoisotopic (exact) mass is 318 g/mol. The molecule has 5 heteroatoms. The normalized spacial score (nSPS) is 11.5. The summed E-state index contributed by atoms with van der Waals surface area (Å²) in [6, 6.07) is 10.1. The summed E-state index contributed by atoms with van der Waals surface area (Å²) in [7, 11) is 0. The van der Waals surface area contributed by atoms with Crippen LogP contribution in [0.2, 0.25) is 0 Å². The molecule has 4 rings (SSSR count). The van der Waals surface area contributed by atoms with Crippen molar-refractivity contribution in [3.8, 4) is 0 Å². The first-order valence-corrected chi connectivity index (χ1v) is 7.93. The van der Waals surface area contributed by atoms with Gasteiger partial charge in [0, 0.05) is 12.4 Å². The summed E-state index contributed by atoms with van der Waals surface area (Å²) in [5, 5.41) is 5.64. The Balaban J connectivity index is 2.03. The van der Waals surface area contributed by atoms with Crippen LogP contribution in [0, 0.1) is 20.8 Å². The minimum Gasteiger partial charge on any atom is -0.265 e. The van der Waals surface area contributed by atoms with E-state index in [4.69, 9.17) is 0 Å². The lowest BCUT2D eigenvalue weighted by Crippen LogP contribution is -2.22. The molecular formula is C19H18N4O. The molecule has 0 aliphatic heterocycles. The quantitative estimate of drug-likeness (QED) is 0.571. The van der Waals surface area contributed by atoms with Gasteiger partial charge in [0.05, 0.1) is 12.1 Å². The largest absolute Gasteiger partial charge is 0.351 e. The maximum Gasteiger partial charge on any atom is 0.351 e. The van der Waals surface area contributed by atoms with Crippen LogP contribution in [-0.4, -0.2) is 19.2 Å². The number of aryl methyl sites for hydroxylation is 3. The van der Waals surface area contributed by atoms with Gasteiger partial charge in [0.1, 0.15) is 0 Å². The number of benzene rings is 1. The summed E-state index contributed by atoms with van der Waals surface area (Å²) in [5.74, 6) is 0. The van der Waals surface area contributed by atoms with E-state index in [1.54, 1.807) is 16.8 Å². The third-order valence-electron chi connectivity index (χ3n) is 4.34. The lowest BCUT2D eigenvalue weighted by Gasteiger charge is -2.08. The predicted molar refractivity (Wildman–Crippen MR) is 94.5 cm³/mol. The van der Waals surface area contributed by atoms with Crippen LogP contribution < -0.4 is 5.69 Å². The summed E-state index contributed by atoms with van der Waals surface area (Å²) in [4.78, 5) is 17.0. The van der Waals surface area contributed by atoms with Crippen molar-refractivity contribution in [2.75, 3.05) is 0 Å². The van der Waals surface area contributed by atoms with Crippen LogP contribution in [0.1, 0.15) is 22.3 Å². The number of hydrogen-bond acceptors (Lipinski definition) is 3. The molecule has 0 saturated carbocycles. The summed E-state index contributed by atoms with van der Waals surface area (Å²) in [6.07, 6.45) is 3.45. The van der Waals surface area contributed by atoms with Crippen molar-refractivity contribution in [3.63, 3.8) is 0 Å². The lowest BCUT2D eigenvalue weighted by atomic mass is 10.1. The summed E-state index contributed by atoms with van der Waals surface area (Å²) in [6.45, 7) is 6.54. The molecule has 24 heavy (non-hydrogen) atoms. The molecule has 4 aromatic rings. The molecule has 0 radical (unpaired) electrons. The number of nitrogens with zero attached hydrogens (tertiary/aromatic N) is 4. The van der Waals surface area contributed by atoms with Crippen molar-refractivity contribution < 1.29 is 0 Å². The maximum absolute atomic E-state index is 13.0. The van der Waals surface area contributed by atoms with E-state index >= 15 is 0 Å². The lowest BCUT2D eigenvalue weighted by molar-refractivity contribution is 0.659. The molecule has 5 nitrogen and oxygen atoms in total. The molecule has 0 aliphatic rings. The number of fused-ring (bicyclic) bond motifs is 3. The average Bonchev–Trinajstić information content (AvgIpc) is 2.86. The van der Waals surface area contributed by atoms with Crippen LogP contribution in [0.4, 0.5) is 0 Å². The molecule has 0 amide bonds. The fourth-order valence-electron chi connectivity index (χ4n) is 3.33. The highest BCUT2D eigenvalue weighted by molar-refractivity contribution is 5.86. The molecule has 0 fully saturated rings. The minimum atomic E-state index is -0.109. The number of hydrogen-bond donors (Lipinski definition) is 0. The molecule has 3 aromatic heterocycles. The van der Waals surface area contributed by atoms with Gasteiger partial charge in [0.25, 0.3) is 0 Å². The molecule has 0 atom stereocenters. The van der Waals surface area contributed by atoms with Gasteiger partial charge in [-0.15, -0.1) is 5.10 Å². The maximum atomic E-state index is 13.0. The van der Waals surface area contributed by atoms with Crippen molar-refractivity contribution in [1.29, 1.82) is 0 Å². The molecule has 1 aromatic carbocycles. The highest BCUT2D eigenvalue weighted by atomic mass is 16.2. The van der Waals surface area contributed by atoms with Gasteiger partial charge >= 0.3 is 5.69 Å². The van der Waals surface area contributed by atoms with Gasteiger partial charge in [-0.2, -0.15) is 0 Å². The minimum absolute atomic E-state index is 0.109. The molecule has 0 unspecified atom stereocenters. The third-order valence-corrected chi connectivity index (χ3v) is 4.34. The van der Waals surface area contributed by atoms with Gasteiger partial charge in [0.15, 0.2) is 5.65 Å². The van der Waals surface area contributed by atoms with Crippen molar-refractivity contribution in [2.45, 2.75) is 27.3 Å². The second-order valence-electron chi connectivity index (χ2n) is 6.30. The number of pyridine rings is 2. The highest BCUT2D eigenvalue weighted by Crippen LogP contribution is 2.23. The van der Waals surface area contributed by atoms with Crippen LogP contribution in [0.3, 0.4) is 0 Å². The van der Waals surface area contributed by atoms with Crippen LogP contribution in [0.15, 0.2) is 47.5 Å². The molecule has 0 N–H and O–H groups in total. The average molecular weight is 318 g/mol. The van der Waals surface area contributed by atoms with E-state index in [0.717, 1.165) is 27.6 Å². The number of aromatic nitrogens is 4. The van der Waals surface area contributed by atoms with E-state index in [9.17, 15) is 4.79 Å². The second kappa shape index (κ2) is 5.30. The summed E-state index contributed by atoms with van der Waals surface area (Å²) >= 11 is 0. The SMILES string of the molecule is Cc1cc(C)c2c(c1)cc(C)c1nn(Cc3ccncc3)c(=O)n12. The first-order valence-electron chi connectivity index (χ1n) is 7.93. The van der Waals surface area contributed by atoms with E-state index in [1.807, 2.05) is 26.0 Å². The van der Waals surface area contributed by atoms with Crippen molar-refractivity contribution >= 4 is 16.6 Å². The Kier molecular flexibility index (Phi) is 3.23. The van der Waals surface area contributed by atoms with E-state index < -0.39 is 0 Å². The van der Waals surface area contributed by atoms with Crippen LogP contribution in [0.5, 0.6) is 0 Å². The number of rotatable bonds is 2. The van der Waals surface area contributed by atoms with Crippen LogP contribution >= 0.6 is 0 Å². The zero-order valence-corrected chi connectivity index (χ0v) is 13.9. The van der Waals surface area contributed by atoms with Gasteiger partial charge in [-0.1, -0.05) is 11.6 Å². The standard InChI is InChI=1S/C19H18N4O/c1-12-8-13(2)17-16(9-12)10-14(3)18-21-22(19(24)23(17)18)11-15-4-6-20-7-5-15/h4-10H,11H2,1-3H3. The molecule has 0 spiro atoms. The van der Waals surface area contributed by atoms with Crippen molar-refractivity contribution in [2.24, 2.45) is 0 Å². The Bertz CT molecular complexity index is 1120. The first kappa shape index (κ1) is 14.6. The topological polar surface area (TPSA) is 52.2 Å². The van der Waals surface area contributed by atoms with E-state index in [-0.39, 0.29) is 5.69 Å². The molecule has 0 aliphatic carbocycles. The van der Waals surface area contributed by atoms with Gasteiger partial charge in [-0.25, -0.2) is 13.9 Å². The summed E-state index contributed by atoms with van der Waals surface area (Å²) < 4.78 is 3.26. The summed E-state index contributed by atoms with van der Waals surface area (Å²) in [5.41, 5.74) is 5.82. The highest BCUT2D eigenvalue weighted by Gasteiger charge is 2.14. The van der Waals surface area contributed by atoms with Crippen molar-refractivity contribution in [1.82, 2.24) is 19.2 Å². The Labute approximate surface area is 139 Å². The second-order valence-corrected chi connectivity index (χ2v) is 6.30. The molecule has 120 valence electrons. The molecule has 3 heterocycles. The Hall–Kier alpha value is -2.95. The van der Waals surface area contributed by atoms with Gasteiger partial charge in [-0.3, -0.25) is 4.98 Å². The third kappa shape index (κ3) is 2.21. The fourth-order valence-corrected chi connectivity index (χ4v) is 3.33. The zero-order chi connectivity index (χ0) is 16.8. The Morgan fingerprint density at radius 1 is 1.00 bits per heavy atom. The van der Waals surface area contributed by atoms with Crippen molar-refractivity contribution in [3.05, 3.63) is 75.5 Å². The first-order chi connectivity index (χ1) is 11.5. The fraction of sp³-hybridized carbons (Fsp3) is 0.211. The molecule has 0 bridgehead atoms. The zero-order valence-electron chi connectivity index (χ0n) is 13.9. The Morgan fingerprint density at radius 3 is 2.50 bits per heavy atom. The van der Waals surface area contributed by atoms with Gasteiger partial charge in [0.2, 0.25) is 0 Å². The van der Waals surface area contributed by atoms with E-state index in [2.05, 4.69) is 35.2 Å². The molecule has 0 saturated heterocycles. The Morgan fingerprint density at radius 2 is 1.75 bits per heavy atom. The predicted octanol–water partition coefficient (Wildman–Crippen LogP) is 3.02. The van der Waals surface area contributed by atoms with Gasteiger partial charge < -0.3 is 0 Å². The van der Waals surface area contributed by atoms with Crippen LogP contribution in [-0.2, 0) is 6.54 Å². The van der Waals surface area contributed by atoms with Crippen LogP contribution in [0.25, 0.3) is 16.6 Å². The smallest absolute Gasteiger partial charge is 0.265 e. The van der Waals surface area contributed by atoms with Gasteiger partial charge in [-0.05, 0) is 67.1 Å². The van der Waals surface area contributed by atoms with E-state index in [1.165, 1.54) is 10.2 Å².